The minimum Gasteiger partial charge on any atom is -0.311 e. The van der Waals surface area contributed by atoms with Gasteiger partial charge >= 0.3 is 0 Å². The van der Waals surface area contributed by atoms with E-state index in [1.54, 1.807) is 13.0 Å². The number of nitrogens with zero attached hydrogens (tertiary/aromatic N) is 1. The largest absolute Gasteiger partial charge is 0.311 e. The van der Waals surface area contributed by atoms with Crippen LogP contribution in [-0.4, -0.2) is 31.4 Å². The monoisotopic (exact) mass is 306 g/mol. The van der Waals surface area contributed by atoms with E-state index in [0.29, 0.717) is 10.6 Å². The number of nitro benzene ring substituents is 1. The predicted molar refractivity (Wildman–Crippen MR) is 74.1 cm³/mol. The molecule has 19 heavy (non-hydrogen) atoms. The number of nitrogens with one attached hydrogen (secondary N) is 1. The van der Waals surface area contributed by atoms with E-state index >= 15 is 0 Å². The van der Waals surface area contributed by atoms with Crippen molar-refractivity contribution in [1.29, 1.82) is 0 Å². The van der Waals surface area contributed by atoms with Crippen LogP contribution in [-0.2, 0) is 16.4 Å². The van der Waals surface area contributed by atoms with Gasteiger partial charge in [0, 0.05) is 24.9 Å². The third-order valence-electron chi connectivity index (χ3n) is 2.62. The zero-order valence-electron chi connectivity index (χ0n) is 10.4. The second kappa shape index (κ2) is 6.83. The van der Waals surface area contributed by atoms with E-state index in [1.165, 1.54) is 12.1 Å². The summed E-state index contributed by atoms with van der Waals surface area (Å²) in [7, 11) is -3.04. The average Bonchev–Trinajstić information content (AvgIpc) is 2.35. The summed E-state index contributed by atoms with van der Waals surface area (Å²) >= 11 is 5.91. The van der Waals surface area contributed by atoms with Crippen LogP contribution < -0.4 is 5.32 Å². The van der Waals surface area contributed by atoms with Crippen LogP contribution in [0.15, 0.2) is 18.2 Å². The van der Waals surface area contributed by atoms with Gasteiger partial charge in [-0.05, 0) is 6.07 Å². The van der Waals surface area contributed by atoms with Gasteiger partial charge in [0.05, 0.1) is 21.3 Å². The van der Waals surface area contributed by atoms with Crippen LogP contribution in [0.25, 0.3) is 0 Å². The smallest absolute Gasteiger partial charge is 0.275 e. The second-order valence-corrected chi connectivity index (χ2v) is 6.79. The molecular formula is C11H15ClN2O4S. The Kier molecular flexibility index (Phi) is 5.71. The Labute approximate surface area is 116 Å². The third-order valence-corrected chi connectivity index (χ3v) is 4.68. The topological polar surface area (TPSA) is 89.3 Å². The van der Waals surface area contributed by atoms with Crippen molar-refractivity contribution in [2.45, 2.75) is 13.5 Å². The first-order chi connectivity index (χ1) is 8.87. The van der Waals surface area contributed by atoms with Gasteiger partial charge in [0.25, 0.3) is 5.69 Å². The van der Waals surface area contributed by atoms with Crippen molar-refractivity contribution in [1.82, 2.24) is 5.32 Å². The fourth-order valence-electron chi connectivity index (χ4n) is 1.48. The number of benzene rings is 1. The molecule has 0 aromatic heterocycles. The van der Waals surface area contributed by atoms with Crippen LogP contribution >= 0.6 is 11.6 Å². The van der Waals surface area contributed by atoms with Crippen LogP contribution in [0, 0.1) is 10.1 Å². The van der Waals surface area contributed by atoms with Crippen LogP contribution in [0.5, 0.6) is 0 Å². The molecule has 0 saturated heterocycles. The predicted octanol–water partition coefficient (Wildman–Crippen LogP) is 1.77. The first-order valence-corrected chi connectivity index (χ1v) is 7.90. The maximum atomic E-state index is 11.3. The standard InChI is InChI=1S/C11H15ClN2O4S/c1-2-19(17,18)7-6-13-8-9-10(12)4-3-5-11(9)14(15)16/h3-5,13H,2,6-8H2,1H3. The Bertz CT molecular complexity index is 560. The van der Waals surface area contributed by atoms with Gasteiger partial charge in [-0.2, -0.15) is 0 Å². The summed E-state index contributed by atoms with van der Waals surface area (Å²) in [5.41, 5.74) is 0.293. The van der Waals surface area contributed by atoms with Crippen molar-refractivity contribution in [2.24, 2.45) is 0 Å². The molecule has 1 aromatic rings. The summed E-state index contributed by atoms with van der Waals surface area (Å²) in [5, 5.41) is 14.0. The highest BCUT2D eigenvalue weighted by molar-refractivity contribution is 7.91. The number of hydrogen-bond acceptors (Lipinski definition) is 5. The van der Waals surface area contributed by atoms with Crippen molar-refractivity contribution in [3.05, 3.63) is 38.9 Å². The summed E-state index contributed by atoms with van der Waals surface area (Å²) in [6.45, 7) is 1.97. The van der Waals surface area contributed by atoms with Gasteiger partial charge in [0.1, 0.15) is 0 Å². The summed E-state index contributed by atoms with van der Waals surface area (Å²) in [4.78, 5) is 10.3. The number of hydrogen-bond donors (Lipinski definition) is 1. The van der Waals surface area contributed by atoms with Gasteiger partial charge in [0.2, 0.25) is 0 Å². The molecule has 0 spiro atoms. The molecule has 0 atom stereocenters. The maximum absolute atomic E-state index is 11.3. The van der Waals surface area contributed by atoms with Crippen LogP contribution in [0.4, 0.5) is 5.69 Å². The first-order valence-electron chi connectivity index (χ1n) is 5.70. The van der Waals surface area contributed by atoms with Crippen molar-refractivity contribution in [3.63, 3.8) is 0 Å². The van der Waals surface area contributed by atoms with E-state index in [-0.39, 0.29) is 30.3 Å². The molecule has 1 aromatic carbocycles. The van der Waals surface area contributed by atoms with E-state index in [4.69, 9.17) is 11.6 Å². The van der Waals surface area contributed by atoms with Gasteiger partial charge in [-0.25, -0.2) is 8.42 Å². The summed E-state index contributed by atoms with van der Waals surface area (Å²) in [6.07, 6.45) is 0. The highest BCUT2D eigenvalue weighted by atomic mass is 35.5. The molecule has 0 fully saturated rings. The molecule has 0 amide bonds. The lowest BCUT2D eigenvalue weighted by Gasteiger charge is -2.07. The van der Waals surface area contributed by atoms with Gasteiger partial charge in [-0.15, -0.1) is 0 Å². The van der Waals surface area contributed by atoms with Gasteiger partial charge in [0.15, 0.2) is 9.84 Å². The molecule has 1 rings (SSSR count). The Morgan fingerprint density at radius 3 is 2.68 bits per heavy atom. The van der Waals surface area contributed by atoms with E-state index in [0.717, 1.165) is 0 Å². The Balaban J connectivity index is 2.66. The third kappa shape index (κ3) is 4.77. The number of sulfone groups is 1. The molecule has 0 radical (unpaired) electrons. The van der Waals surface area contributed by atoms with Crippen LogP contribution in [0.2, 0.25) is 5.02 Å². The maximum Gasteiger partial charge on any atom is 0.275 e. The lowest BCUT2D eigenvalue weighted by atomic mass is 10.2. The number of halogens is 1. The lowest BCUT2D eigenvalue weighted by Crippen LogP contribution is -2.24. The molecular weight excluding hydrogens is 292 g/mol. The lowest BCUT2D eigenvalue weighted by molar-refractivity contribution is -0.385. The molecule has 0 aliphatic carbocycles. The Morgan fingerprint density at radius 1 is 1.42 bits per heavy atom. The minimum atomic E-state index is -3.04. The molecule has 0 saturated carbocycles. The number of rotatable bonds is 7. The minimum absolute atomic E-state index is 0.00174. The van der Waals surface area contributed by atoms with E-state index in [1.807, 2.05) is 0 Å². The molecule has 0 heterocycles. The number of nitro groups is 1. The highest BCUT2D eigenvalue weighted by Gasteiger charge is 2.16. The van der Waals surface area contributed by atoms with Crippen LogP contribution in [0.1, 0.15) is 12.5 Å². The Hall–Kier alpha value is -1.18. The molecule has 0 aliphatic heterocycles. The van der Waals surface area contributed by atoms with E-state index in [2.05, 4.69) is 5.32 Å². The molecule has 1 N–H and O–H groups in total. The van der Waals surface area contributed by atoms with Crippen molar-refractivity contribution in [2.75, 3.05) is 18.1 Å². The summed E-state index contributed by atoms with van der Waals surface area (Å²) in [6, 6.07) is 4.44. The molecule has 0 aliphatic rings. The van der Waals surface area contributed by atoms with Gasteiger partial charge in [-0.3, -0.25) is 10.1 Å². The molecule has 6 nitrogen and oxygen atoms in total. The zero-order valence-corrected chi connectivity index (χ0v) is 12.0. The Morgan fingerprint density at radius 2 is 2.11 bits per heavy atom. The molecule has 106 valence electrons. The fraction of sp³-hybridized carbons (Fsp3) is 0.455. The quantitative estimate of drug-likeness (QED) is 0.471. The highest BCUT2D eigenvalue weighted by Crippen LogP contribution is 2.25. The average molecular weight is 307 g/mol. The fourth-order valence-corrected chi connectivity index (χ4v) is 2.46. The van der Waals surface area contributed by atoms with Crippen molar-refractivity contribution >= 4 is 27.1 Å². The molecule has 0 bridgehead atoms. The second-order valence-electron chi connectivity index (χ2n) is 3.91. The van der Waals surface area contributed by atoms with Crippen molar-refractivity contribution < 1.29 is 13.3 Å². The molecule has 8 heteroatoms. The summed E-state index contributed by atoms with van der Waals surface area (Å²) in [5.74, 6) is 0.0860. The van der Waals surface area contributed by atoms with Gasteiger partial charge in [-0.1, -0.05) is 24.6 Å². The van der Waals surface area contributed by atoms with Crippen molar-refractivity contribution in [3.8, 4) is 0 Å². The molecule has 0 unspecified atom stereocenters. The van der Waals surface area contributed by atoms with Crippen LogP contribution in [0.3, 0.4) is 0 Å². The van der Waals surface area contributed by atoms with E-state index in [9.17, 15) is 18.5 Å². The van der Waals surface area contributed by atoms with E-state index < -0.39 is 14.8 Å². The first kappa shape index (κ1) is 15.9. The van der Waals surface area contributed by atoms with Gasteiger partial charge < -0.3 is 5.32 Å². The summed E-state index contributed by atoms with van der Waals surface area (Å²) < 4.78 is 22.6. The normalized spacial score (nSPS) is 11.5. The zero-order chi connectivity index (χ0) is 14.5. The SMILES string of the molecule is CCS(=O)(=O)CCNCc1c(Cl)cccc1[N+](=O)[O-].